The number of methoxy groups -OCH3 is 3. The Hall–Kier alpha value is -2.69. The van der Waals surface area contributed by atoms with Crippen LogP contribution in [0.5, 0.6) is 17.2 Å². The van der Waals surface area contributed by atoms with Gasteiger partial charge in [0.05, 0.1) is 21.3 Å². The van der Waals surface area contributed by atoms with Gasteiger partial charge < -0.3 is 19.3 Å². The van der Waals surface area contributed by atoms with E-state index in [1.54, 1.807) is 32.4 Å². The Morgan fingerprint density at radius 3 is 1.95 bits per heavy atom. The van der Waals surface area contributed by atoms with Gasteiger partial charge in [0.15, 0.2) is 0 Å². The number of carboxylic acid groups (broad SMARTS) is 1. The lowest BCUT2D eigenvalue weighted by atomic mass is 10.0. The van der Waals surface area contributed by atoms with Crippen molar-refractivity contribution < 1.29 is 24.1 Å². The normalized spacial score (nSPS) is 10.0. The molecule has 2 aromatic carbocycles. The maximum Gasteiger partial charge on any atom is 0.339 e. The van der Waals surface area contributed by atoms with Crippen molar-refractivity contribution in [3.05, 3.63) is 42.0 Å². The fraction of sp³-hybridized carbons (Fsp3) is 0.188. The van der Waals surface area contributed by atoms with Crippen molar-refractivity contribution in [2.45, 2.75) is 0 Å². The van der Waals surface area contributed by atoms with Crippen LogP contribution in [0.1, 0.15) is 10.4 Å². The summed E-state index contributed by atoms with van der Waals surface area (Å²) < 4.78 is 15.6. The third kappa shape index (κ3) is 3.08. The molecule has 2 aromatic rings. The topological polar surface area (TPSA) is 65.0 Å². The summed E-state index contributed by atoms with van der Waals surface area (Å²) in [6, 6.07) is 10.4. The molecule has 0 aromatic heterocycles. The van der Waals surface area contributed by atoms with E-state index in [9.17, 15) is 4.79 Å². The van der Waals surface area contributed by atoms with Gasteiger partial charge in [0.25, 0.3) is 0 Å². The third-order valence-corrected chi connectivity index (χ3v) is 3.12. The van der Waals surface area contributed by atoms with Gasteiger partial charge >= 0.3 is 5.97 Å². The summed E-state index contributed by atoms with van der Waals surface area (Å²) in [6.07, 6.45) is 0. The maximum absolute atomic E-state index is 11.1. The minimum absolute atomic E-state index is 0.121. The van der Waals surface area contributed by atoms with Crippen LogP contribution in [0.4, 0.5) is 0 Å². The van der Waals surface area contributed by atoms with Crippen molar-refractivity contribution >= 4 is 5.97 Å². The molecule has 0 bridgehead atoms. The largest absolute Gasteiger partial charge is 0.497 e. The quantitative estimate of drug-likeness (QED) is 0.916. The van der Waals surface area contributed by atoms with E-state index >= 15 is 0 Å². The lowest BCUT2D eigenvalue weighted by Gasteiger charge is -2.11. The minimum atomic E-state index is -1.03. The zero-order chi connectivity index (χ0) is 15.4. The average molecular weight is 288 g/mol. The number of benzene rings is 2. The molecule has 5 nitrogen and oxygen atoms in total. The first-order valence-corrected chi connectivity index (χ1v) is 6.23. The van der Waals surface area contributed by atoms with Gasteiger partial charge in [0.1, 0.15) is 22.8 Å². The SMILES string of the molecule is COc1cc(OC)cc(-c2ccc(C(=O)O)c(OC)c2)c1. The number of aromatic carboxylic acids is 1. The summed E-state index contributed by atoms with van der Waals surface area (Å²) >= 11 is 0. The lowest BCUT2D eigenvalue weighted by molar-refractivity contribution is 0.0693. The molecule has 0 unspecified atom stereocenters. The molecule has 0 radical (unpaired) electrons. The van der Waals surface area contributed by atoms with Crippen LogP contribution in [0.15, 0.2) is 36.4 Å². The molecule has 1 N–H and O–H groups in total. The molecule has 0 aliphatic heterocycles. The summed E-state index contributed by atoms with van der Waals surface area (Å²) in [5, 5.41) is 9.10. The van der Waals surface area contributed by atoms with E-state index in [0.29, 0.717) is 17.2 Å². The second kappa shape index (κ2) is 6.17. The smallest absolute Gasteiger partial charge is 0.339 e. The van der Waals surface area contributed by atoms with Gasteiger partial charge in [-0.3, -0.25) is 0 Å². The van der Waals surface area contributed by atoms with Crippen LogP contribution in [0.25, 0.3) is 11.1 Å². The molecular weight excluding hydrogens is 272 g/mol. The Balaban J connectivity index is 2.53. The predicted octanol–water partition coefficient (Wildman–Crippen LogP) is 3.08. The Bertz CT molecular complexity index is 641. The fourth-order valence-electron chi connectivity index (χ4n) is 2.02. The minimum Gasteiger partial charge on any atom is -0.497 e. The lowest BCUT2D eigenvalue weighted by Crippen LogP contribution is -2.00. The Kier molecular flexibility index (Phi) is 4.33. The van der Waals surface area contributed by atoms with Crippen LogP contribution in [0.3, 0.4) is 0 Å². The van der Waals surface area contributed by atoms with Crippen LogP contribution >= 0.6 is 0 Å². The van der Waals surface area contributed by atoms with Crippen LogP contribution in [-0.4, -0.2) is 32.4 Å². The molecule has 0 atom stereocenters. The summed E-state index contributed by atoms with van der Waals surface area (Å²) in [5.74, 6) is 0.597. The van der Waals surface area contributed by atoms with E-state index in [0.717, 1.165) is 11.1 Å². The number of carbonyl (C=O) groups is 1. The van der Waals surface area contributed by atoms with Crippen molar-refractivity contribution in [2.75, 3.05) is 21.3 Å². The van der Waals surface area contributed by atoms with Crippen molar-refractivity contribution in [1.82, 2.24) is 0 Å². The zero-order valence-electron chi connectivity index (χ0n) is 12.0. The maximum atomic E-state index is 11.1. The first-order valence-electron chi connectivity index (χ1n) is 6.23. The molecule has 5 heteroatoms. The standard InChI is InChI=1S/C16H16O5/c1-19-12-6-11(7-13(9-12)20-2)10-4-5-14(16(17)18)15(8-10)21-3/h4-9H,1-3H3,(H,17,18). The second-order valence-corrected chi connectivity index (χ2v) is 4.32. The highest BCUT2D eigenvalue weighted by molar-refractivity contribution is 5.92. The number of rotatable bonds is 5. The highest BCUT2D eigenvalue weighted by atomic mass is 16.5. The van der Waals surface area contributed by atoms with Gasteiger partial charge in [-0.15, -0.1) is 0 Å². The number of hydrogen-bond acceptors (Lipinski definition) is 4. The molecule has 0 spiro atoms. The first-order chi connectivity index (χ1) is 10.1. The van der Waals surface area contributed by atoms with Gasteiger partial charge in [-0.2, -0.15) is 0 Å². The van der Waals surface area contributed by atoms with E-state index in [1.165, 1.54) is 13.2 Å². The molecular formula is C16H16O5. The van der Waals surface area contributed by atoms with E-state index in [2.05, 4.69) is 0 Å². The van der Waals surface area contributed by atoms with Gasteiger partial charge in [-0.25, -0.2) is 4.79 Å². The van der Waals surface area contributed by atoms with Gasteiger partial charge in [-0.1, -0.05) is 6.07 Å². The molecule has 0 fully saturated rings. The van der Waals surface area contributed by atoms with Crippen LogP contribution in [-0.2, 0) is 0 Å². The van der Waals surface area contributed by atoms with Crippen molar-refractivity contribution in [3.8, 4) is 28.4 Å². The number of ether oxygens (including phenoxy) is 3. The molecule has 21 heavy (non-hydrogen) atoms. The highest BCUT2D eigenvalue weighted by Crippen LogP contribution is 2.32. The predicted molar refractivity (Wildman–Crippen MR) is 78.5 cm³/mol. The first kappa shape index (κ1) is 14.7. The van der Waals surface area contributed by atoms with E-state index in [4.69, 9.17) is 19.3 Å². The Labute approximate surface area is 122 Å². The van der Waals surface area contributed by atoms with Gasteiger partial charge in [0.2, 0.25) is 0 Å². The molecule has 2 rings (SSSR count). The Morgan fingerprint density at radius 1 is 0.857 bits per heavy atom. The number of hydrogen-bond donors (Lipinski definition) is 1. The highest BCUT2D eigenvalue weighted by Gasteiger charge is 2.13. The van der Waals surface area contributed by atoms with E-state index < -0.39 is 5.97 Å². The molecule has 0 amide bonds. The van der Waals surface area contributed by atoms with Crippen LogP contribution in [0.2, 0.25) is 0 Å². The monoisotopic (exact) mass is 288 g/mol. The van der Waals surface area contributed by atoms with Gasteiger partial charge in [-0.05, 0) is 35.4 Å². The van der Waals surface area contributed by atoms with E-state index in [1.807, 2.05) is 12.1 Å². The van der Waals surface area contributed by atoms with Crippen molar-refractivity contribution in [2.24, 2.45) is 0 Å². The van der Waals surface area contributed by atoms with Crippen LogP contribution < -0.4 is 14.2 Å². The second-order valence-electron chi connectivity index (χ2n) is 4.32. The fourth-order valence-corrected chi connectivity index (χ4v) is 2.02. The van der Waals surface area contributed by atoms with Crippen molar-refractivity contribution in [3.63, 3.8) is 0 Å². The third-order valence-electron chi connectivity index (χ3n) is 3.12. The molecule has 0 saturated heterocycles. The summed E-state index contributed by atoms with van der Waals surface area (Å²) in [4.78, 5) is 11.1. The molecule has 0 saturated carbocycles. The summed E-state index contributed by atoms with van der Waals surface area (Å²) in [5.41, 5.74) is 1.78. The molecule has 110 valence electrons. The zero-order valence-corrected chi connectivity index (χ0v) is 12.0. The van der Waals surface area contributed by atoms with Gasteiger partial charge in [0, 0.05) is 6.07 Å². The summed E-state index contributed by atoms with van der Waals surface area (Å²) in [7, 11) is 4.59. The molecule has 0 heterocycles. The Morgan fingerprint density at radius 2 is 1.48 bits per heavy atom. The van der Waals surface area contributed by atoms with E-state index in [-0.39, 0.29) is 5.56 Å². The molecule has 0 aliphatic carbocycles. The van der Waals surface area contributed by atoms with Crippen molar-refractivity contribution in [1.29, 1.82) is 0 Å². The van der Waals surface area contributed by atoms with Crippen LogP contribution in [0, 0.1) is 0 Å². The summed E-state index contributed by atoms with van der Waals surface area (Å²) in [6.45, 7) is 0. The molecule has 0 aliphatic rings. The number of carboxylic acids is 1. The average Bonchev–Trinajstić information content (AvgIpc) is 2.53.